The fourth-order valence-electron chi connectivity index (χ4n) is 0. The molecule has 0 saturated heterocycles. The van der Waals surface area contributed by atoms with Gasteiger partial charge in [0.25, 0.3) is 0 Å². The van der Waals surface area contributed by atoms with Gasteiger partial charge < -0.3 is 0 Å². The van der Waals surface area contributed by atoms with Gasteiger partial charge in [0.05, 0.1) is 0 Å². The lowest BCUT2D eigenvalue weighted by Gasteiger charge is -1.06. The van der Waals surface area contributed by atoms with Crippen LogP contribution in [0.25, 0.3) is 0 Å². The minimum absolute atomic E-state index is 0. The number of alkyl halides is 2. The fourth-order valence-corrected chi connectivity index (χ4v) is 0. The third-order valence-corrected chi connectivity index (χ3v) is 0. The fraction of sp³-hybridized carbons (Fsp3) is 1.00. The molecule has 31 valence electrons. The highest BCUT2D eigenvalue weighted by molar-refractivity contribution is 6.15. The maximum atomic E-state index is 4.64. The first-order valence-corrected chi connectivity index (χ1v) is 2.27. The van der Waals surface area contributed by atoms with Crippen molar-refractivity contribution >= 4 is 31.6 Å². The van der Waals surface area contributed by atoms with Crippen LogP contribution in [0.3, 0.4) is 0 Å². The molecule has 0 aromatic heterocycles. The standard InChI is InChI=1S/2CH3Cl.B/c2*1-2;/h2*1H3;. The van der Waals surface area contributed by atoms with E-state index in [0.717, 1.165) is 0 Å². The summed E-state index contributed by atoms with van der Waals surface area (Å²) in [6.45, 7) is 0. The molecule has 0 aromatic rings. The van der Waals surface area contributed by atoms with Crippen molar-refractivity contribution in [3.8, 4) is 0 Å². The molecule has 0 atom stereocenters. The first kappa shape index (κ1) is 17.4. The summed E-state index contributed by atoms with van der Waals surface area (Å²) in [7, 11) is 0. The van der Waals surface area contributed by atoms with Crippen LogP contribution in [0.4, 0.5) is 0 Å². The lowest BCUT2D eigenvalue weighted by Crippen LogP contribution is -0.852. The molecular formula is C2H6BCl2. The SMILES string of the molecule is CCl.CCl.[B]. The Kier molecular flexibility index (Phi) is 517. The van der Waals surface area contributed by atoms with Crippen LogP contribution < -0.4 is 0 Å². The topological polar surface area (TPSA) is 0 Å². The predicted molar refractivity (Wildman–Crippen MR) is 29.3 cm³/mol. The summed E-state index contributed by atoms with van der Waals surface area (Å²) in [5, 5.41) is 0. The summed E-state index contributed by atoms with van der Waals surface area (Å²) in [6.07, 6.45) is 2.94. The van der Waals surface area contributed by atoms with Gasteiger partial charge in [-0.3, -0.25) is 0 Å². The maximum absolute atomic E-state index is 4.64. The smallest absolute Gasteiger partial charge is 0.0108 e. The lowest BCUT2D eigenvalue weighted by molar-refractivity contribution is 2.46. The third-order valence-electron chi connectivity index (χ3n) is 0. The van der Waals surface area contributed by atoms with Crippen molar-refractivity contribution in [2.24, 2.45) is 0 Å². The summed E-state index contributed by atoms with van der Waals surface area (Å²) in [6, 6.07) is 0. The highest BCUT2D eigenvalue weighted by Crippen LogP contribution is 1.34. The first-order valence-electron chi connectivity index (χ1n) is 0.756. The molecule has 0 fully saturated rings. The predicted octanol–water partition coefficient (Wildman–Crippen LogP) is 1.33. The molecule has 0 heterocycles. The molecule has 0 bridgehead atoms. The van der Waals surface area contributed by atoms with Crippen LogP contribution in [0.5, 0.6) is 0 Å². The van der Waals surface area contributed by atoms with Crippen LogP contribution in [-0.2, 0) is 0 Å². The molecule has 0 aliphatic carbocycles. The summed E-state index contributed by atoms with van der Waals surface area (Å²) < 4.78 is 0. The van der Waals surface area contributed by atoms with Crippen molar-refractivity contribution < 1.29 is 0 Å². The average molecular weight is 112 g/mol. The average Bonchev–Trinajstić information content (AvgIpc) is 1.50. The van der Waals surface area contributed by atoms with E-state index in [4.69, 9.17) is 0 Å². The Labute approximate surface area is 45.0 Å². The molecule has 0 aliphatic heterocycles. The Bertz CT molecular complexity index is 7.61. The van der Waals surface area contributed by atoms with E-state index in [-0.39, 0.29) is 8.41 Å². The second-order valence-electron chi connectivity index (χ2n) is 0. The van der Waals surface area contributed by atoms with E-state index in [0.29, 0.717) is 0 Å². The van der Waals surface area contributed by atoms with Gasteiger partial charge in [-0.25, -0.2) is 0 Å². The van der Waals surface area contributed by atoms with Crippen LogP contribution in [0.2, 0.25) is 0 Å². The third kappa shape index (κ3) is 78.1. The Balaban J connectivity index is -0.0000000133. The summed E-state index contributed by atoms with van der Waals surface area (Å²) in [4.78, 5) is 0. The zero-order chi connectivity index (χ0) is 4.00. The molecule has 5 heavy (non-hydrogen) atoms. The van der Waals surface area contributed by atoms with E-state index in [1.807, 2.05) is 0 Å². The van der Waals surface area contributed by atoms with E-state index in [1.165, 1.54) is 12.8 Å². The van der Waals surface area contributed by atoms with Gasteiger partial charge in [-0.2, -0.15) is 0 Å². The Morgan fingerprint density at radius 3 is 0.800 bits per heavy atom. The minimum atomic E-state index is 0. The molecule has 0 aromatic carbocycles. The molecule has 0 saturated carbocycles. The van der Waals surface area contributed by atoms with Crippen LogP contribution in [0, 0.1) is 0 Å². The lowest BCUT2D eigenvalue weighted by atomic mass is 10.8. The van der Waals surface area contributed by atoms with Crippen molar-refractivity contribution in [3.63, 3.8) is 0 Å². The van der Waals surface area contributed by atoms with Crippen LogP contribution in [0.1, 0.15) is 0 Å². The highest BCUT2D eigenvalue weighted by Gasteiger charge is 0.945. The minimum Gasteiger partial charge on any atom is -0.130 e. The molecule has 0 spiro atoms. The quantitative estimate of drug-likeness (QED) is 0.327. The van der Waals surface area contributed by atoms with E-state index < -0.39 is 0 Å². The van der Waals surface area contributed by atoms with Gasteiger partial charge in [-0.1, -0.05) is 0 Å². The number of halogens is 2. The maximum Gasteiger partial charge on any atom is 0.0108 e. The second kappa shape index (κ2) is 148. The van der Waals surface area contributed by atoms with Gasteiger partial charge in [0.1, 0.15) is 0 Å². The number of hydrogen-bond acceptors (Lipinski definition) is 0. The van der Waals surface area contributed by atoms with Gasteiger partial charge in [0.15, 0.2) is 0 Å². The van der Waals surface area contributed by atoms with Crippen LogP contribution in [0.15, 0.2) is 0 Å². The molecule has 3 heteroatoms. The van der Waals surface area contributed by atoms with Crippen molar-refractivity contribution in [3.05, 3.63) is 0 Å². The summed E-state index contributed by atoms with van der Waals surface area (Å²) >= 11 is 9.28. The van der Waals surface area contributed by atoms with Crippen molar-refractivity contribution in [1.29, 1.82) is 0 Å². The molecule has 0 nitrogen and oxygen atoms in total. The van der Waals surface area contributed by atoms with Crippen molar-refractivity contribution in [2.75, 3.05) is 12.8 Å². The molecule has 0 amide bonds. The van der Waals surface area contributed by atoms with Gasteiger partial charge in [-0.15, -0.1) is 23.2 Å². The van der Waals surface area contributed by atoms with Crippen LogP contribution in [-0.4, -0.2) is 21.2 Å². The molecule has 0 N–H and O–H groups in total. The summed E-state index contributed by atoms with van der Waals surface area (Å²) in [5.74, 6) is 0. The largest absolute Gasteiger partial charge is 0.130 e. The molecular weight excluding hydrogens is 106 g/mol. The normalized spacial score (nSPS) is 2.40. The Hall–Kier alpha value is 0.645. The van der Waals surface area contributed by atoms with Gasteiger partial charge in [-0.05, 0) is 0 Å². The van der Waals surface area contributed by atoms with Crippen molar-refractivity contribution in [2.45, 2.75) is 0 Å². The first-order chi connectivity index (χ1) is 2.00. The van der Waals surface area contributed by atoms with Crippen molar-refractivity contribution in [1.82, 2.24) is 0 Å². The zero-order valence-corrected chi connectivity index (χ0v) is 4.85. The molecule has 0 aliphatic rings. The molecule has 0 rings (SSSR count). The van der Waals surface area contributed by atoms with E-state index in [1.54, 1.807) is 0 Å². The second-order valence-corrected chi connectivity index (χ2v) is 0. The van der Waals surface area contributed by atoms with Gasteiger partial charge >= 0.3 is 0 Å². The van der Waals surface area contributed by atoms with Gasteiger partial charge in [0, 0.05) is 21.2 Å². The summed E-state index contributed by atoms with van der Waals surface area (Å²) in [5.41, 5.74) is 0. The monoisotopic (exact) mass is 111 g/mol. The zero-order valence-electron chi connectivity index (χ0n) is 3.33. The Morgan fingerprint density at radius 2 is 0.800 bits per heavy atom. The van der Waals surface area contributed by atoms with Gasteiger partial charge in [0.2, 0.25) is 0 Å². The molecule has 3 radical (unpaired) electrons. The van der Waals surface area contributed by atoms with E-state index >= 15 is 0 Å². The highest BCUT2D eigenvalue weighted by atomic mass is 35.5. The Morgan fingerprint density at radius 1 is 0.800 bits per heavy atom. The van der Waals surface area contributed by atoms with E-state index in [2.05, 4.69) is 23.2 Å². The number of rotatable bonds is 0. The van der Waals surface area contributed by atoms with Crippen LogP contribution >= 0.6 is 23.2 Å². The van der Waals surface area contributed by atoms with E-state index in [9.17, 15) is 0 Å². The molecule has 0 unspecified atom stereocenters. The number of hydrogen-bond donors (Lipinski definition) is 0.